The first-order chi connectivity index (χ1) is 41.0. The van der Waals surface area contributed by atoms with Crippen molar-refractivity contribution in [2.75, 3.05) is 13.2 Å². The zero-order valence-corrected chi connectivity index (χ0v) is 54.4. The van der Waals surface area contributed by atoms with Gasteiger partial charge in [-0.15, -0.1) is 0 Å². The second kappa shape index (κ2) is 70.3. The molecule has 0 rings (SSSR count). The summed E-state index contributed by atoms with van der Waals surface area (Å²) in [5, 5.41) is 0. The Kier molecular flexibility index (Phi) is 66.7. The van der Waals surface area contributed by atoms with E-state index in [-0.39, 0.29) is 37.5 Å². The average Bonchev–Trinajstić information content (AvgIpc) is 3.49. The van der Waals surface area contributed by atoms with Gasteiger partial charge < -0.3 is 14.2 Å². The summed E-state index contributed by atoms with van der Waals surface area (Å²) in [5.74, 6) is -0.973. The van der Waals surface area contributed by atoms with Gasteiger partial charge in [-0.25, -0.2) is 0 Å². The summed E-state index contributed by atoms with van der Waals surface area (Å²) in [6.07, 6.45) is 98.2. The number of allylic oxidation sites excluding steroid dienone is 20. The summed E-state index contributed by atoms with van der Waals surface area (Å²) >= 11 is 0. The molecule has 0 spiro atoms. The number of rotatable bonds is 63. The highest BCUT2D eigenvalue weighted by Crippen LogP contribution is 2.17. The number of hydrogen-bond acceptors (Lipinski definition) is 6. The minimum Gasteiger partial charge on any atom is -0.462 e. The third kappa shape index (κ3) is 68.5. The van der Waals surface area contributed by atoms with E-state index in [1.165, 1.54) is 167 Å². The van der Waals surface area contributed by atoms with E-state index in [9.17, 15) is 14.4 Å². The van der Waals surface area contributed by atoms with Crippen LogP contribution in [0.4, 0.5) is 0 Å². The second-order valence-electron chi connectivity index (χ2n) is 23.0. The van der Waals surface area contributed by atoms with Gasteiger partial charge in [-0.3, -0.25) is 14.4 Å². The fourth-order valence-electron chi connectivity index (χ4n) is 9.75. The van der Waals surface area contributed by atoms with Crippen LogP contribution in [-0.2, 0) is 28.6 Å². The number of unbranched alkanes of at least 4 members (excludes halogenated alkanes) is 32. The maximum Gasteiger partial charge on any atom is 0.306 e. The van der Waals surface area contributed by atoms with Crippen LogP contribution in [0.15, 0.2) is 122 Å². The highest BCUT2D eigenvalue weighted by atomic mass is 16.6. The van der Waals surface area contributed by atoms with Crippen molar-refractivity contribution >= 4 is 17.9 Å². The molecular formula is C77H130O6. The van der Waals surface area contributed by atoms with Crippen molar-refractivity contribution < 1.29 is 28.6 Å². The molecule has 1 atom stereocenters. The standard InChI is InChI=1S/C77H130O6/c1-4-7-10-13-16-19-22-25-28-30-32-33-34-35-36-37-38-39-40-41-42-43-45-46-49-52-55-58-61-64-67-70-76(79)82-73-74(72-81-75(78)69-66-63-60-57-54-51-48-27-24-21-18-15-12-9-6-3)83-77(80)71-68-65-62-59-56-53-50-47-44-31-29-26-23-20-17-14-11-8-5-2/h8-9,11-12,17-18,20-21,26-27,29-30,32,44,47-48,53-54,56-57,74H,4-7,10,13-16,19,22-25,28,31,33-43,45-46,49-52,55,58-73H2,1-3H3/b11-8-,12-9-,20-17-,21-18-,29-26-,32-30-,47-44-,48-27-,56-53-,57-54-. The lowest BCUT2D eigenvalue weighted by atomic mass is 10.0. The molecule has 0 N–H and O–H groups in total. The van der Waals surface area contributed by atoms with Gasteiger partial charge in [0, 0.05) is 19.3 Å². The van der Waals surface area contributed by atoms with Crippen LogP contribution in [0.1, 0.15) is 329 Å². The summed E-state index contributed by atoms with van der Waals surface area (Å²) in [6.45, 7) is 6.38. The van der Waals surface area contributed by atoms with Gasteiger partial charge in [0.25, 0.3) is 0 Å². The average molecular weight is 1150 g/mol. The molecule has 0 saturated carbocycles. The Morgan fingerprint density at radius 1 is 0.253 bits per heavy atom. The highest BCUT2D eigenvalue weighted by molar-refractivity contribution is 5.71. The fraction of sp³-hybridized carbons (Fsp3) is 0.701. The fourth-order valence-corrected chi connectivity index (χ4v) is 9.75. The van der Waals surface area contributed by atoms with Crippen LogP contribution < -0.4 is 0 Å². The molecule has 0 aliphatic rings. The first kappa shape index (κ1) is 78.8. The first-order valence-electron chi connectivity index (χ1n) is 35.0. The Labute approximate surface area is 513 Å². The molecule has 474 valence electrons. The number of esters is 3. The summed E-state index contributed by atoms with van der Waals surface area (Å²) in [7, 11) is 0. The molecule has 0 aliphatic heterocycles. The third-order valence-corrected chi connectivity index (χ3v) is 14.9. The SMILES string of the molecule is CC/C=C\C/C=C\C/C=C\C/C=C\C/C=C\CCCCCC(=O)OC(COC(=O)CCCC/C=C\C/C=C\C/C=C\C/C=C\CC)COC(=O)CCCCCCCCCCCCCCCCCCCCC/C=C\CCCCCCCCCC. The molecule has 0 saturated heterocycles. The maximum atomic E-state index is 12.9. The minimum atomic E-state index is -0.817. The molecule has 0 heterocycles. The van der Waals surface area contributed by atoms with E-state index in [2.05, 4.69) is 142 Å². The van der Waals surface area contributed by atoms with Crippen LogP contribution in [0.2, 0.25) is 0 Å². The summed E-state index contributed by atoms with van der Waals surface area (Å²) in [6, 6.07) is 0. The van der Waals surface area contributed by atoms with E-state index in [0.29, 0.717) is 25.7 Å². The molecule has 1 unspecified atom stereocenters. The van der Waals surface area contributed by atoms with Gasteiger partial charge in [-0.2, -0.15) is 0 Å². The van der Waals surface area contributed by atoms with E-state index >= 15 is 0 Å². The van der Waals surface area contributed by atoms with E-state index in [4.69, 9.17) is 14.2 Å². The third-order valence-electron chi connectivity index (χ3n) is 14.9. The zero-order chi connectivity index (χ0) is 59.9. The smallest absolute Gasteiger partial charge is 0.306 e. The van der Waals surface area contributed by atoms with Crippen LogP contribution in [-0.4, -0.2) is 37.2 Å². The highest BCUT2D eigenvalue weighted by Gasteiger charge is 2.19. The Hall–Kier alpha value is -4.19. The normalized spacial score (nSPS) is 12.9. The van der Waals surface area contributed by atoms with Crippen molar-refractivity contribution in [2.24, 2.45) is 0 Å². The number of ether oxygens (including phenoxy) is 3. The van der Waals surface area contributed by atoms with Crippen LogP contribution in [0.3, 0.4) is 0 Å². The van der Waals surface area contributed by atoms with Gasteiger partial charge in [0.05, 0.1) is 0 Å². The first-order valence-corrected chi connectivity index (χ1v) is 35.0. The monoisotopic (exact) mass is 1150 g/mol. The van der Waals surface area contributed by atoms with Gasteiger partial charge in [0.1, 0.15) is 13.2 Å². The van der Waals surface area contributed by atoms with Crippen molar-refractivity contribution in [2.45, 2.75) is 335 Å². The van der Waals surface area contributed by atoms with E-state index in [1.807, 2.05) is 0 Å². The van der Waals surface area contributed by atoms with Gasteiger partial charge in [-0.05, 0) is 128 Å². The molecule has 6 nitrogen and oxygen atoms in total. The summed E-state index contributed by atoms with van der Waals surface area (Å²) in [5.41, 5.74) is 0. The number of carbonyl (C=O) groups excluding carboxylic acids is 3. The molecule has 0 fully saturated rings. The van der Waals surface area contributed by atoms with Gasteiger partial charge in [-0.1, -0.05) is 303 Å². The molecule has 0 aromatic rings. The predicted octanol–water partition coefficient (Wildman–Crippen LogP) is 24.3. The quantitative estimate of drug-likeness (QED) is 0.0261. The van der Waals surface area contributed by atoms with Gasteiger partial charge in [0.15, 0.2) is 6.10 Å². The molecule has 0 radical (unpaired) electrons. The topological polar surface area (TPSA) is 78.9 Å². The van der Waals surface area contributed by atoms with Crippen molar-refractivity contribution in [3.05, 3.63) is 122 Å². The Morgan fingerprint density at radius 2 is 0.470 bits per heavy atom. The van der Waals surface area contributed by atoms with Crippen LogP contribution in [0.5, 0.6) is 0 Å². The minimum absolute atomic E-state index is 0.105. The molecule has 6 heteroatoms. The number of hydrogen-bond donors (Lipinski definition) is 0. The Bertz CT molecular complexity index is 1700. The van der Waals surface area contributed by atoms with E-state index in [0.717, 1.165) is 109 Å². The van der Waals surface area contributed by atoms with Crippen molar-refractivity contribution in [1.29, 1.82) is 0 Å². The molecular weight excluding hydrogens is 1020 g/mol. The second-order valence-corrected chi connectivity index (χ2v) is 23.0. The summed E-state index contributed by atoms with van der Waals surface area (Å²) in [4.78, 5) is 38.4. The van der Waals surface area contributed by atoms with Crippen LogP contribution in [0.25, 0.3) is 0 Å². The van der Waals surface area contributed by atoms with Crippen LogP contribution in [0, 0.1) is 0 Å². The van der Waals surface area contributed by atoms with E-state index < -0.39 is 6.10 Å². The lowest BCUT2D eigenvalue weighted by Crippen LogP contribution is -2.30. The Balaban J connectivity index is 4.30. The molecule has 0 amide bonds. The Morgan fingerprint density at radius 3 is 0.783 bits per heavy atom. The van der Waals surface area contributed by atoms with Gasteiger partial charge in [0.2, 0.25) is 0 Å². The molecule has 83 heavy (non-hydrogen) atoms. The molecule has 0 aromatic heterocycles. The number of carbonyl (C=O) groups is 3. The lowest BCUT2D eigenvalue weighted by molar-refractivity contribution is -0.167. The van der Waals surface area contributed by atoms with Crippen LogP contribution >= 0.6 is 0 Å². The maximum absolute atomic E-state index is 12.9. The summed E-state index contributed by atoms with van der Waals surface area (Å²) < 4.78 is 16.9. The lowest BCUT2D eigenvalue weighted by Gasteiger charge is -2.18. The van der Waals surface area contributed by atoms with Crippen molar-refractivity contribution in [3.8, 4) is 0 Å². The predicted molar refractivity (Wildman–Crippen MR) is 362 cm³/mol. The van der Waals surface area contributed by atoms with Gasteiger partial charge >= 0.3 is 17.9 Å². The largest absolute Gasteiger partial charge is 0.462 e. The molecule has 0 bridgehead atoms. The van der Waals surface area contributed by atoms with E-state index in [1.54, 1.807) is 0 Å². The molecule has 0 aliphatic carbocycles. The molecule has 0 aromatic carbocycles. The van der Waals surface area contributed by atoms with Crippen molar-refractivity contribution in [3.63, 3.8) is 0 Å². The van der Waals surface area contributed by atoms with Crippen molar-refractivity contribution in [1.82, 2.24) is 0 Å². The zero-order valence-electron chi connectivity index (χ0n) is 54.4.